The van der Waals surface area contributed by atoms with E-state index in [-0.39, 0.29) is 0 Å². The SMILES string of the molecule is CC1(C)CCCN(c2[nH+]c(N3CCOCC3)c(C#N)c3c2C[NH+](Cc2ccccc2)CC3)C1. The molecule has 6 heteroatoms. The number of pyridine rings is 1. The van der Waals surface area contributed by atoms with Gasteiger partial charge in [-0.2, -0.15) is 5.26 Å². The van der Waals surface area contributed by atoms with E-state index in [1.165, 1.54) is 35.3 Å². The summed E-state index contributed by atoms with van der Waals surface area (Å²) in [5.41, 5.74) is 5.17. The summed E-state index contributed by atoms with van der Waals surface area (Å²) in [6.07, 6.45) is 3.43. The largest absolute Gasteiger partial charge is 0.375 e. The third-order valence-corrected chi connectivity index (χ3v) is 7.53. The van der Waals surface area contributed by atoms with Crippen LogP contribution in [0.2, 0.25) is 0 Å². The number of quaternary nitrogens is 1. The summed E-state index contributed by atoms with van der Waals surface area (Å²) in [6, 6.07) is 13.4. The van der Waals surface area contributed by atoms with Gasteiger partial charge in [0.1, 0.15) is 24.7 Å². The van der Waals surface area contributed by atoms with Gasteiger partial charge in [-0.25, -0.2) is 4.98 Å². The van der Waals surface area contributed by atoms with E-state index in [9.17, 15) is 5.26 Å². The van der Waals surface area contributed by atoms with Crippen LogP contribution in [0.3, 0.4) is 0 Å². The molecule has 2 saturated heterocycles. The molecule has 4 heterocycles. The zero-order valence-electron chi connectivity index (χ0n) is 20.1. The van der Waals surface area contributed by atoms with Gasteiger partial charge >= 0.3 is 0 Å². The first kappa shape index (κ1) is 22.2. The molecule has 0 aliphatic carbocycles. The van der Waals surface area contributed by atoms with E-state index in [4.69, 9.17) is 4.74 Å². The molecule has 1 unspecified atom stereocenters. The number of morpholine rings is 1. The third kappa shape index (κ3) is 4.71. The molecule has 174 valence electrons. The predicted molar refractivity (Wildman–Crippen MR) is 129 cm³/mol. The van der Waals surface area contributed by atoms with Crippen molar-refractivity contribution in [2.75, 3.05) is 55.7 Å². The fourth-order valence-corrected chi connectivity index (χ4v) is 5.86. The van der Waals surface area contributed by atoms with Crippen molar-refractivity contribution in [3.05, 3.63) is 52.6 Å². The molecule has 1 aromatic heterocycles. The monoisotopic (exact) mass is 447 g/mol. The summed E-state index contributed by atoms with van der Waals surface area (Å²) in [7, 11) is 0. The second kappa shape index (κ2) is 9.32. The molecule has 3 aliphatic heterocycles. The number of hydrogen-bond acceptors (Lipinski definition) is 4. The molecule has 0 bridgehead atoms. The number of H-pyrrole nitrogens is 1. The lowest BCUT2D eigenvalue weighted by atomic mass is 9.83. The van der Waals surface area contributed by atoms with Crippen molar-refractivity contribution < 1.29 is 14.6 Å². The maximum Gasteiger partial charge on any atom is 0.240 e. The summed E-state index contributed by atoms with van der Waals surface area (Å²) in [5.74, 6) is 2.26. The number of nitrogens with zero attached hydrogens (tertiary/aromatic N) is 3. The first-order valence-electron chi connectivity index (χ1n) is 12.5. The van der Waals surface area contributed by atoms with E-state index in [2.05, 4.69) is 65.0 Å². The molecule has 0 saturated carbocycles. The van der Waals surface area contributed by atoms with Gasteiger partial charge in [-0.3, -0.25) is 9.80 Å². The van der Waals surface area contributed by atoms with E-state index in [1.807, 2.05) is 0 Å². The summed E-state index contributed by atoms with van der Waals surface area (Å²) in [6.45, 7) is 13.1. The van der Waals surface area contributed by atoms with Crippen LogP contribution in [0, 0.1) is 16.7 Å². The Bertz CT molecular complexity index is 1020. The Hall–Kier alpha value is -2.62. The van der Waals surface area contributed by atoms with Gasteiger partial charge < -0.3 is 9.64 Å². The van der Waals surface area contributed by atoms with Gasteiger partial charge in [0.2, 0.25) is 11.6 Å². The summed E-state index contributed by atoms with van der Waals surface area (Å²) in [4.78, 5) is 10.3. The standard InChI is InChI=1S/C27H35N5O/c1-27(2)10-6-11-32(20-27)26-24-19-30(18-21-7-4-3-5-8-21)12-9-22(24)23(17-28)25(29-26)31-13-15-33-16-14-31/h3-5,7-8H,6,9-16,18-20H2,1-2H3/p+2. The van der Waals surface area contributed by atoms with Crippen LogP contribution in [-0.4, -0.2) is 45.9 Å². The van der Waals surface area contributed by atoms with Crippen molar-refractivity contribution in [2.45, 2.75) is 46.2 Å². The highest BCUT2D eigenvalue weighted by molar-refractivity contribution is 5.62. The lowest BCUT2D eigenvalue weighted by Crippen LogP contribution is -3.10. The molecule has 2 fully saturated rings. The number of benzene rings is 1. The van der Waals surface area contributed by atoms with Gasteiger partial charge in [-0.15, -0.1) is 0 Å². The van der Waals surface area contributed by atoms with Crippen LogP contribution in [0.5, 0.6) is 0 Å². The summed E-state index contributed by atoms with van der Waals surface area (Å²) in [5, 5.41) is 10.2. The maximum absolute atomic E-state index is 10.2. The Morgan fingerprint density at radius 2 is 1.85 bits per heavy atom. The van der Waals surface area contributed by atoms with Crippen molar-refractivity contribution in [2.24, 2.45) is 5.41 Å². The number of anilines is 2. The number of nitriles is 1. The first-order valence-corrected chi connectivity index (χ1v) is 12.5. The minimum atomic E-state index is 0.303. The molecule has 1 atom stereocenters. The molecular formula is C27H37N5O+2. The molecule has 1 aromatic carbocycles. The topological polar surface area (TPSA) is 58.1 Å². The normalized spacial score (nSPS) is 22.5. The van der Waals surface area contributed by atoms with E-state index in [1.54, 1.807) is 4.90 Å². The molecule has 0 radical (unpaired) electrons. The van der Waals surface area contributed by atoms with Crippen molar-refractivity contribution in [3.8, 4) is 6.07 Å². The number of nitrogens with one attached hydrogen (secondary N) is 2. The van der Waals surface area contributed by atoms with Gasteiger partial charge in [-0.1, -0.05) is 44.2 Å². The number of rotatable bonds is 4. The Kier molecular flexibility index (Phi) is 6.27. The van der Waals surface area contributed by atoms with Crippen LogP contribution in [-0.2, 0) is 24.2 Å². The number of ether oxygens (including phenoxy) is 1. The van der Waals surface area contributed by atoms with E-state index >= 15 is 0 Å². The number of fused-ring (bicyclic) bond motifs is 1. The fourth-order valence-electron chi connectivity index (χ4n) is 5.86. The van der Waals surface area contributed by atoms with Gasteiger partial charge in [0, 0.05) is 12.0 Å². The average Bonchev–Trinajstić information content (AvgIpc) is 2.83. The highest BCUT2D eigenvalue weighted by Crippen LogP contribution is 2.35. The average molecular weight is 448 g/mol. The van der Waals surface area contributed by atoms with Crippen LogP contribution in [0.15, 0.2) is 30.3 Å². The molecule has 33 heavy (non-hydrogen) atoms. The van der Waals surface area contributed by atoms with Crippen molar-refractivity contribution in [1.29, 1.82) is 5.26 Å². The van der Waals surface area contributed by atoms with Crippen LogP contribution < -0.4 is 19.7 Å². The third-order valence-electron chi connectivity index (χ3n) is 7.53. The second-order valence-corrected chi connectivity index (χ2v) is 10.6. The predicted octanol–water partition coefficient (Wildman–Crippen LogP) is 1.98. The summed E-state index contributed by atoms with van der Waals surface area (Å²) >= 11 is 0. The number of hydrogen-bond donors (Lipinski definition) is 1. The second-order valence-electron chi connectivity index (χ2n) is 10.6. The number of aromatic amines is 1. The maximum atomic E-state index is 10.2. The van der Waals surface area contributed by atoms with E-state index in [0.29, 0.717) is 5.41 Å². The van der Waals surface area contributed by atoms with Crippen LogP contribution in [0.1, 0.15) is 48.9 Å². The molecule has 3 aliphatic rings. The van der Waals surface area contributed by atoms with Gasteiger partial charge in [0.25, 0.3) is 0 Å². The molecule has 5 rings (SSSR count). The van der Waals surface area contributed by atoms with Gasteiger partial charge in [0.05, 0.1) is 51.5 Å². The zero-order chi connectivity index (χ0) is 22.8. The highest BCUT2D eigenvalue weighted by atomic mass is 16.5. The van der Waals surface area contributed by atoms with Crippen molar-refractivity contribution in [1.82, 2.24) is 0 Å². The fraction of sp³-hybridized carbons (Fsp3) is 0.556. The van der Waals surface area contributed by atoms with Crippen LogP contribution in [0.25, 0.3) is 0 Å². The molecular weight excluding hydrogens is 410 g/mol. The molecule has 0 amide bonds. The smallest absolute Gasteiger partial charge is 0.240 e. The Labute approximate surface area is 197 Å². The quantitative estimate of drug-likeness (QED) is 0.779. The lowest BCUT2D eigenvalue weighted by molar-refractivity contribution is -0.929. The first-order chi connectivity index (χ1) is 16.0. The van der Waals surface area contributed by atoms with Gasteiger partial charge in [0.15, 0.2) is 0 Å². The van der Waals surface area contributed by atoms with Gasteiger partial charge in [-0.05, 0) is 23.8 Å². The molecule has 6 nitrogen and oxygen atoms in total. The Morgan fingerprint density at radius 1 is 1.06 bits per heavy atom. The van der Waals surface area contributed by atoms with Crippen molar-refractivity contribution >= 4 is 11.6 Å². The molecule has 2 N–H and O–H groups in total. The minimum Gasteiger partial charge on any atom is -0.375 e. The molecule has 0 spiro atoms. The van der Waals surface area contributed by atoms with Crippen LogP contribution in [0.4, 0.5) is 11.6 Å². The summed E-state index contributed by atoms with van der Waals surface area (Å²) < 4.78 is 5.60. The Morgan fingerprint density at radius 3 is 2.58 bits per heavy atom. The number of aromatic nitrogens is 1. The zero-order valence-corrected chi connectivity index (χ0v) is 20.1. The Balaban J connectivity index is 1.55. The van der Waals surface area contributed by atoms with E-state index in [0.717, 1.165) is 76.8 Å². The lowest BCUT2D eigenvalue weighted by Gasteiger charge is -2.38. The van der Waals surface area contributed by atoms with Crippen LogP contribution >= 0.6 is 0 Å². The number of piperidine rings is 1. The molecule has 2 aromatic rings. The highest BCUT2D eigenvalue weighted by Gasteiger charge is 2.38. The minimum absolute atomic E-state index is 0.303. The van der Waals surface area contributed by atoms with Crippen molar-refractivity contribution in [3.63, 3.8) is 0 Å². The van der Waals surface area contributed by atoms with E-state index < -0.39 is 0 Å².